The number of benzene rings is 2. The molecule has 2 aromatic carbocycles. The van der Waals surface area contributed by atoms with Gasteiger partial charge in [0.2, 0.25) is 0 Å². The number of hydrogen-bond donors (Lipinski definition) is 2. The summed E-state index contributed by atoms with van der Waals surface area (Å²) in [6.45, 7) is 5.86. The molecule has 1 aliphatic rings. The van der Waals surface area contributed by atoms with Gasteiger partial charge in [0, 0.05) is 17.3 Å². The van der Waals surface area contributed by atoms with Crippen molar-refractivity contribution in [2.75, 3.05) is 17.2 Å². The van der Waals surface area contributed by atoms with E-state index >= 15 is 0 Å². The molecule has 0 aliphatic carbocycles. The zero-order chi connectivity index (χ0) is 18.0. The third kappa shape index (κ3) is 3.57. The molecule has 6 heteroatoms. The van der Waals surface area contributed by atoms with Crippen molar-refractivity contribution in [3.63, 3.8) is 0 Å². The van der Waals surface area contributed by atoms with Gasteiger partial charge in [0.15, 0.2) is 5.60 Å². The minimum atomic E-state index is -0.954. The minimum absolute atomic E-state index is 0.203. The van der Waals surface area contributed by atoms with Crippen molar-refractivity contribution in [3.8, 4) is 11.5 Å². The molecule has 3 rings (SSSR count). The van der Waals surface area contributed by atoms with Gasteiger partial charge >= 0.3 is 0 Å². The lowest BCUT2D eigenvalue weighted by Gasteiger charge is -2.31. The fourth-order valence-electron chi connectivity index (χ4n) is 2.45. The number of hydrogen-bond acceptors (Lipinski definition) is 4. The molecule has 6 nitrogen and oxygen atoms in total. The van der Waals surface area contributed by atoms with Gasteiger partial charge in [0.1, 0.15) is 11.5 Å². The Morgan fingerprint density at radius 3 is 2.60 bits per heavy atom. The summed E-state index contributed by atoms with van der Waals surface area (Å²) in [6, 6.07) is 12.0. The maximum atomic E-state index is 12.4. The maximum Gasteiger partial charge on any atom is 0.268 e. The van der Waals surface area contributed by atoms with Crippen LogP contribution in [-0.4, -0.2) is 24.0 Å². The molecule has 0 unspecified atom stereocenters. The van der Waals surface area contributed by atoms with Crippen molar-refractivity contribution in [1.82, 2.24) is 0 Å². The molecule has 2 N–H and O–H groups in total. The summed E-state index contributed by atoms with van der Waals surface area (Å²) in [5, 5.41) is 5.62. The molecule has 2 amide bonds. The molecule has 0 radical (unpaired) electrons. The van der Waals surface area contributed by atoms with Crippen LogP contribution in [0, 0.1) is 0 Å². The van der Waals surface area contributed by atoms with Gasteiger partial charge in [0.05, 0.1) is 12.3 Å². The predicted molar refractivity (Wildman–Crippen MR) is 95.3 cm³/mol. The molecule has 0 bridgehead atoms. The van der Waals surface area contributed by atoms with Crippen molar-refractivity contribution in [3.05, 3.63) is 48.0 Å². The highest BCUT2D eigenvalue weighted by molar-refractivity contribution is 6.05. The topological polar surface area (TPSA) is 76.7 Å². The fraction of sp³-hybridized carbons (Fsp3) is 0.263. The van der Waals surface area contributed by atoms with E-state index in [1.54, 1.807) is 56.3 Å². The first kappa shape index (κ1) is 16.8. The van der Waals surface area contributed by atoms with Gasteiger partial charge in [-0.2, -0.15) is 0 Å². The summed E-state index contributed by atoms with van der Waals surface area (Å²) in [4.78, 5) is 24.3. The molecule has 0 aromatic heterocycles. The second-order valence-corrected chi connectivity index (χ2v) is 6.19. The first-order valence-electron chi connectivity index (χ1n) is 8.08. The Balaban J connectivity index is 1.75. The predicted octanol–water partition coefficient (Wildman–Crippen LogP) is 3.45. The Hall–Kier alpha value is -3.02. The van der Waals surface area contributed by atoms with E-state index in [0.717, 1.165) is 5.75 Å². The number of anilines is 2. The maximum absolute atomic E-state index is 12.4. The molecule has 130 valence electrons. The van der Waals surface area contributed by atoms with E-state index in [0.29, 0.717) is 29.3 Å². The van der Waals surface area contributed by atoms with E-state index in [-0.39, 0.29) is 11.8 Å². The number of nitrogens with one attached hydrogen (secondary N) is 2. The normalized spacial score (nSPS) is 14.8. The molecule has 25 heavy (non-hydrogen) atoms. The number of amides is 2. The molecule has 1 aliphatic heterocycles. The first-order valence-corrected chi connectivity index (χ1v) is 8.08. The van der Waals surface area contributed by atoms with Crippen LogP contribution >= 0.6 is 0 Å². The van der Waals surface area contributed by atoms with Crippen molar-refractivity contribution < 1.29 is 19.1 Å². The summed E-state index contributed by atoms with van der Waals surface area (Å²) in [7, 11) is 0. The van der Waals surface area contributed by atoms with Crippen LogP contribution < -0.4 is 20.1 Å². The second-order valence-electron chi connectivity index (χ2n) is 6.19. The largest absolute Gasteiger partial charge is 0.494 e. The van der Waals surface area contributed by atoms with Gasteiger partial charge in [-0.3, -0.25) is 9.59 Å². The van der Waals surface area contributed by atoms with Gasteiger partial charge < -0.3 is 20.1 Å². The lowest BCUT2D eigenvalue weighted by molar-refractivity contribution is -0.129. The molecular weight excluding hydrogens is 320 g/mol. The molecule has 0 saturated carbocycles. The summed E-state index contributed by atoms with van der Waals surface area (Å²) in [6.07, 6.45) is 0. The van der Waals surface area contributed by atoms with Crippen LogP contribution in [0.5, 0.6) is 11.5 Å². The Morgan fingerprint density at radius 1 is 1.20 bits per heavy atom. The molecule has 1 heterocycles. The van der Waals surface area contributed by atoms with Gasteiger partial charge in [-0.1, -0.05) is 0 Å². The van der Waals surface area contributed by atoms with E-state index in [4.69, 9.17) is 9.47 Å². The number of fused-ring (bicyclic) bond motifs is 1. The third-order valence-electron chi connectivity index (χ3n) is 3.83. The lowest BCUT2D eigenvalue weighted by Crippen LogP contribution is -2.45. The number of carbonyl (C=O) groups is 2. The monoisotopic (exact) mass is 340 g/mol. The zero-order valence-corrected chi connectivity index (χ0v) is 14.4. The average molecular weight is 340 g/mol. The summed E-state index contributed by atoms with van der Waals surface area (Å²) < 4.78 is 11.1. The second kappa shape index (κ2) is 6.47. The van der Waals surface area contributed by atoms with E-state index < -0.39 is 5.60 Å². The fourth-order valence-corrected chi connectivity index (χ4v) is 2.45. The summed E-state index contributed by atoms with van der Waals surface area (Å²) >= 11 is 0. The van der Waals surface area contributed by atoms with Crippen molar-refractivity contribution in [2.45, 2.75) is 26.4 Å². The number of rotatable bonds is 4. The van der Waals surface area contributed by atoms with Crippen LogP contribution in [0.15, 0.2) is 42.5 Å². The molecular formula is C19H20N2O4. The first-order chi connectivity index (χ1) is 11.9. The van der Waals surface area contributed by atoms with Gasteiger partial charge in [-0.15, -0.1) is 0 Å². The van der Waals surface area contributed by atoms with E-state index in [1.165, 1.54) is 0 Å². The number of carbonyl (C=O) groups excluding carboxylic acids is 2. The average Bonchev–Trinajstić information content (AvgIpc) is 2.57. The van der Waals surface area contributed by atoms with Crippen molar-refractivity contribution in [2.24, 2.45) is 0 Å². The summed E-state index contributed by atoms with van der Waals surface area (Å²) in [5.41, 5.74) is 0.744. The van der Waals surface area contributed by atoms with E-state index in [1.807, 2.05) is 6.92 Å². The van der Waals surface area contributed by atoms with Crippen LogP contribution in [0.1, 0.15) is 31.1 Å². The molecule has 0 fully saturated rings. The Kier molecular flexibility index (Phi) is 4.35. The van der Waals surface area contributed by atoms with E-state index in [9.17, 15) is 9.59 Å². The zero-order valence-electron chi connectivity index (χ0n) is 14.4. The van der Waals surface area contributed by atoms with Crippen molar-refractivity contribution >= 4 is 23.2 Å². The van der Waals surface area contributed by atoms with Gasteiger partial charge in [-0.25, -0.2) is 0 Å². The van der Waals surface area contributed by atoms with Crippen LogP contribution in [0.4, 0.5) is 11.4 Å². The highest BCUT2D eigenvalue weighted by atomic mass is 16.5. The van der Waals surface area contributed by atoms with Crippen LogP contribution in [-0.2, 0) is 4.79 Å². The molecule has 0 atom stereocenters. The van der Waals surface area contributed by atoms with Crippen LogP contribution in [0.25, 0.3) is 0 Å². The Bertz CT molecular complexity index is 813. The van der Waals surface area contributed by atoms with Gasteiger partial charge in [0.25, 0.3) is 11.8 Å². The highest BCUT2D eigenvalue weighted by Crippen LogP contribution is 2.35. The highest BCUT2D eigenvalue weighted by Gasteiger charge is 2.35. The smallest absolute Gasteiger partial charge is 0.268 e. The molecule has 0 spiro atoms. The van der Waals surface area contributed by atoms with E-state index in [2.05, 4.69) is 10.6 Å². The lowest BCUT2D eigenvalue weighted by atomic mass is 10.1. The molecule has 2 aromatic rings. The standard InChI is InChI=1S/C19H20N2O4/c1-4-24-14-8-5-12(6-9-14)17(22)20-13-7-10-15-16(11-13)25-19(2,3)18(23)21-15/h5-11H,4H2,1-3H3,(H,20,22)(H,21,23). The number of ether oxygens (including phenoxy) is 2. The Morgan fingerprint density at radius 2 is 1.92 bits per heavy atom. The van der Waals surface area contributed by atoms with Crippen molar-refractivity contribution in [1.29, 1.82) is 0 Å². The minimum Gasteiger partial charge on any atom is -0.494 e. The molecule has 0 saturated heterocycles. The van der Waals surface area contributed by atoms with Gasteiger partial charge in [-0.05, 0) is 57.2 Å². The SMILES string of the molecule is CCOc1ccc(C(=O)Nc2ccc3c(c2)OC(C)(C)C(=O)N3)cc1. The quantitative estimate of drug-likeness (QED) is 0.894. The summed E-state index contributed by atoms with van der Waals surface area (Å²) in [5.74, 6) is 0.807. The Labute approximate surface area is 146 Å². The van der Waals surface area contributed by atoms with Crippen LogP contribution in [0.2, 0.25) is 0 Å². The van der Waals surface area contributed by atoms with Crippen LogP contribution in [0.3, 0.4) is 0 Å². The third-order valence-corrected chi connectivity index (χ3v) is 3.83.